The summed E-state index contributed by atoms with van der Waals surface area (Å²) in [6.45, 7) is -0.599. The molecule has 1 radical (unpaired) electrons. The number of rotatable bonds is 1. The summed E-state index contributed by atoms with van der Waals surface area (Å²) in [5.74, 6) is -1.41. The maximum atomic E-state index is 12.5. The summed E-state index contributed by atoms with van der Waals surface area (Å²) < 4.78 is 24.9. The molecule has 0 aromatic heterocycles. The van der Waals surface area contributed by atoms with Crippen LogP contribution in [0.2, 0.25) is 0 Å². The molecule has 0 unspecified atom stereocenters. The van der Waals surface area contributed by atoms with Crippen molar-refractivity contribution in [3.05, 3.63) is 35.4 Å². The second-order valence-electron chi connectivity index (χ2n) is 1.86. The van der Waals surface area contributed by atoms with Gasteiger partial charge >= 0.3 is 0 Å². The fraction of sp³-hybridized carbons (Fsp3) is 0.143. The first-order valence-electron chi connectivity index (χ1n) is 2.79. The summed E-state index contributed by atoms with van der Waals surface area (Å²) >= 11 is 0. The first-order valence-corrected chi connectivity index (χ1v) is 2.79. The number of halogens is 2. The molecule has 0 fully saturated rings. The fourth-order valence-electron chi connectivity index (χ4n) is 0.683. The third kappa shape index (κ3) is 2.29. The Morgan fingerprint density at radius 2 is 1.64 bits per heavy atom. The minimum absolute atomic E-state index is 0. The second-order valence-corrected chi connectivity index (χ2v) is 1.86. The molecule has 0 aliphatic heterocycles. The van der Waals surface area contributed by atoms with Gasteiger partial charge in [-0.2, -0.15) is 0 Å². The Bertz CT molecular complexity index is 220. The van der Waals surface area contributed by atoms with E-state index in [4.69, 9.17) is 5.11 Å². The molecule has 1 aromatic rings. The van der Waals surface area contributed by atoms with Crippen molar-refractivity contribution in [1.29, 1.82) is 0 Å². The van der Waals surface area contributed by atoms with Crippen LogP contribution < -0.4 is 0 Å². The molecule has 1 aromatic carbocycles. The molecule has 0 aliphatic carbocycles. The Kier molecular flexibility index (Phi) is 4.34. The molecular formula is C7H6F2OV. The van der Waals surface area contributed by atoms with E-state index in [1.165, 1.54) is 6.07 Å². The van der Waals surface area contributed by atoms with Crippen molar-refractivity contribution in [1.82, 2.24) is 0 Å². The van der Waals surface area contributed by atoms with Gasteiger partial charge in [-0.05, 0) is 12.1 Å². The van der Waals surface area contributed by atoms with Gasteiger partial charge in [0.05, 0.1) is 6.61 Å². The zero-order chi connectivity index (χ0) is 7.56. The molecule has 0 saturated heterocycles. The molecule has 0 atom stereocenters. The van der Waals surface area contributed by atoms with Crippen LogP contribution in [0.3, 0.4) is 0 Å². The van der Waals surface area contributed by atoms with Crippen molar-refractivity contribution in [2.75, 3.05) is 0 Å². The van der Waals surface area contributed by atoms with Crippen LogP contribution >= 0.6 is 0 Å². The van der Waals surface area contributed by atoms with Crippen molar-refractivity contribution in [2.45, 2.75) is 6.61 Å². The maximum absolute atomic E-state index is 12.5. The van der Waals surface area contributed by atoms with Gasteiger partial charge in [0.2, 0.25) is 0 Å². The van der Waals surface area contributed by atoms with Crippen molar-refractivity contribution < 1.29 is 32.4 Å². The normalized spacial score (nSPS) is 9.00. The van der Waals surface area contributed by atoms with E-state index in [9.17, 15) is 8.78 Å². The van der Waals surface area contributed by atoms with Crippen LogP contribution in [0, 0.1) is 11.6 Å². The Morgan fingerprint density at radius 1 is 1.18 bits per heavy atom. The van der Waals surface area contributed by atoms with Crippen LogP contribution in [0.15, 0.2) is 18.2 Å². The summed E-state index contributed by atoms with van der Waals surface area (Å²) in [6.07, 6.45) is 0. The minimum Gasteiger partial charge on any atom is -0.391 e. The molecule has 0 heterocycles. The zero-order valence-electron chi connectivity index (χ0n) is 5.59. The van der Waals surface area contributed by atoms with E-state index in [0.29, 0.717) is 0 Å². The van der Waals surface area contributed by atoms with Crippen molar-refractivity contribution in [3.63, 3.8) is 0 Å². The Hall–Kier alpha value is -0.376. The molecule has 0 saturated carbocycles. The molecule has 0 spiro atoms. The van der Waals surface area contributed by atoms with Gasteiger partial charge in [-0.15, -0.1) is 0 Å². The van der Waals surface area contributed by atoms with Crippen LogP contribution in [0.4, 0.5) is 8.78 Å². The standard InChI is InChI=1S/C7H6F2O.V/c8-6-2-1-3-7(9)5(6)4-10;/h1-3,10H,4H2;. The van der Waals surface area contributed by atoms with Crippen molar-refractivity contribution in [2.24, 2.45) is 0 Å². The quantitative estimate of drug-likeness (QED) is 0.719. The van der Waals surface area contributed by atoms with Crippen molar-refractivity contribution in [3.8, 4) is 0 Å². The largest absolute Gasteiger partial charge is 0.391 e. The van der Waals surface area contributed by atoms with E-state index in [1.54, 1.807) is 0 Å². The van der Waals surface area contributed by atoms with E-state index in [0.717, 1.165) is 12.1 Å². The predicted octanol–water partition coefficient (Wildman–Crippen LogP) is 1.45. The van der Waals surface area contributed by atoms with E-state index in [1.807, 2.05) is 0 Å². The van der Waals surface area contributed by atoms with E-state index in [-0.39, 0.29) is 24.1 Å². The molecule has 0 amide bonds. The molecule has 1 N–H and O–H groups in total. The third-order valence-electron chi connectivity index (χ3n) is 1.22. The summed E-state index contributed by atoms with van der Waals surface area (Å²) in [5.41, 5.74) is -0.275. The SMILES string of the molecule is OCc1c(F)cccc1F.[V]. The third-order valence-corrected chi connectivity index (χ3v) is 1.22. The Balaban J connectivity index is 0.000001000. The topological polar surface area (TPSA) is 20.2 Å². The van der Waals surface area contributed by atoms with Crippen LogP contribution in [-0.4, -0.2) is 5.11 Å². The summed E-state index contributed by atoms with van der Waals surface area (Å²) in [7, 11) is 0. The molecule has 1 nitrogen and oxygen atoms in total. The molecule has 1 rings (SSSR count). The van der Waals surface area contributed by atoms with E-state index >= 15 is 0 Å². The van der Waals surface area contributed by atoms with E-state index in [2.05, 4.69) is 0 Å². The summed E-state index contributed by atoms with van der Waals surface area (Å²) in [4.78, 5) is 0. The minimum atomic E-state index is -0.706. The maximum Gasteiger partial charge on any atom is 0.131 e. The van der Waals surface area contributed by atoms with E-state index < -0.39 is 18.2 Å². The number of aliphatic hydroxyl groups excluding tert-OH is 1. The number of hydrogen-bond donors (Lipinski definition) is 1. The molecule has 0 bridgehead atoms. The van der Waals surface area contributed by atoms with Gasteiger partial charge in [0.1, 0.15) is 11.6 Å². The monoisotopic (exact) mass is 195 g/mol. The second kappa shape index (κ2) is 4.49. The molecule has 0 aliphatic rings. The fourth-order valence-corrected chi connectivity index (χ4v) is 0.683. The summed E-state index contributed by atoms with van der Waals surface area (Å²) in [5, 5.41) is 8.42. The summed E-state index contributed by atoms with van der Waals surface area (Å²) in [6, 6.07) is 3.47. The van der Waals surface area contributed by atoms with Crippen LogP contribution in [0.5, 0.6) is 0 Å². The zero-order valence-corrected chi connectivity index (χ0v) is 6.99. The van der Waals surface area contributed by atoms with Gasteiger partial charge in [0.15, 0.2) is 0 Å². The van der Waals surface area contributed by atoms with Gasteiger partial charge in [0.25, 0.3) is 0 Å². The van der Waals surface area contributed by atoms with Gasteiger partial charge < -0.3 is 5.11 Å². The Morgan fingerprint density at radius 3 is 1.91 bits per heavy atom. The molecule has 11 heavy (non-hydrogen) atoms. The number of hydrogen-bond acceptors (Lipinski definition) is 1. The van der Waals surface area contributed by atoms with Crippen LogP contribution in [0.25, 0.3) is 0 Å². The molecule has 4 heteroatoms. The predicted molar refractivity (Wildman–Crippen MR) is 32.3 cm³/mol. The van der Waals surface area contributed by atoms with Gasteiger partial charge in [-0.1, -0.05) is 6.07 Å². The van der Waals surface area contributed by atoms with Crippen molar-refractivity contribution >= 4 is 0 Å². The average Bonchev–Trinajstić information content (AvgIpc) is 1.88. The van der Waals surface area contributed by atoms with Gasteiger partial charge in [0, 0.05) is 24.1 Å². The van der Waals surface area contributed by atoms with Gasteiger partial charge in [-0.25, -0.2) is 8.78 Å². The first-order chi connectivity index (χ1) is 4.75. The van der Waals surface area contributed by atoms with Crippen LogP contribution in [0.1, 0.15) is 5.56 Å². The smallest absolute Gasteiger partial charge is 0.131 e. The van der Waals surface area contributed by atoms with Gasteiger partial charge in [-0.3, -0.25) is 0 Å². The van der Waals surface area contributed by atoms with Crippen LogP contribution in [-0.2, 0) is 25.2 Å². The number of benzene rings is 1. The molecule has 59 valence electrons. The number of aliphatic hydroxyl groups is 1. The molecular weight excluding hydrogens is 189 g/mol. The first kappa shape index (κ1) is 10.6. The Labute approximate surface area is 74.9 Å². The average molecular weight is 195 g/mol.